The number of pyridine rings is 1. The fraction of sp³-hybridized carbons (Fsp3) is 0.500. The quantitative estimate of drug-likeness (QED) is 0.793. The summed E-state index contributed by atoms with van der Waals surface area (Å²) in [6.07, 6.45) is 4.88. The molecular weight excluding hydrogens is 257 g/mol. The van der Waals surface area contributed by atoms with Crippen LogP contribution in [0, 0.1) is 0 Å². The van der Waals surface area contributed by atoms with Crippen molar-refractivity contribution >= 4 is 34.4 Å². The SMILES string of the molecule is CC1(c2nc3nc(Cl)c(Cl)cc3[nH]2)CCCC1. The molecule has 3 rings (SSSR count). The number of fused-ring (bicyclic) bond motifs is 1. The highest BCUT2D eigenvalue weighted by molar-refractivity contribution is 6.41. The lowest BCUT2D eigenvalue weighted by Gasteiger charge is -2.19. The van der Waals surface area contributed by atoms with Crippen molar-refractivity contribution in [3.8, 4) is 0 Å². The van der Waals surface area contributed by atoms with Crippen molar-refractivity contribution in [2.45, 2.75) is 38.0 Å². The molecule has 1 aliphatic carbocycles. The zero-order valence-electron chi connectivity index (χ0n) is 9.56. The van der Waals surface area contributed by atoms with Crippen LogP contribution in [0.5, 0.6) is 0 Å². The third kappa shape index (κ3) is 1.81. The number of aromatic amines is 1. The molecule has 0 bridgehead atoms. The molecule has 2 aromatic rings. The van der Waals surface area contributed by atoms with E-state index in [4.69, 9.17) is 23.2 Å². The average molecular weight is 270 g/mol. The molecule has 2 aromatic heterocycles. The molecule has 17 heavy (non-hydrogen) atoms. The molecule has 0 radical (unpaired) electrons. The highest BCUT2D eigenvalue weighted by Gasteiger charge is 2.33. The van der Waals surface area contributed by atoms with Gasteiger partial charge < -0.3 is 4.98 Å². The maximum absolute atomic E-state index is 5.95. The number of nitrogens with zero attached hydrogens (tertiary/aromatic N) is 2. The van der Waals surface area contributed by atoms with Crippen molar-refractivity contribution in [1.82, 2.24) is 15.0 Å². The van der Waals surface area contributed by atoms with Crippen molar-refractivity contribution < 1.29 is 0 Å². The molecule has 1 saturated carbocycles. The summed E-state index contributed by atoms with van der Waals surface area (Å²) in [6, 6.07) is 1.79. The Morgan fingerprint density at radius 3 is 2.65 bits per heavy atom. The molecule has 3 nitrogen and oxygen atoms in total. The summed E-state index contributed by atoms with van der Waals surface area (Å²) in [6.45, 7) is 2.25. The molecule has 0 spiro atoms. The Kier molecular flexibility index (Phi) is 2.56. The second-order valence-corrected chi connectivity index (χ2v) is 5.75. The van der Waals surface area contributed by atoms with Gasteiger partial charge in [0.05, 0.1) is 10.5 Å². The molecule has 2 heterocycles. The van der Waals surface area contributed by atoms with Gasteiger partial charge in [-0.3, -0.25) is 0 Å². The largest absolute Gasteiger partial charge is 0.340 e. The number of hydrogen-bond donors (Lipinski definition) is 1. The average Bonchev–Trinajstić information content (AvgIpc) is 2.87. The molecular formula is C12H13Cl2N3. The van der Waals surface area contributed by atoms with Crippen LogP contribution in [-0.4, -0.2) is 15.0 Å². The van der Waals surface area contributed by atoms with Gasteiger partial charge in [-0.25, -0.2) is 9.97 Å². The van der Waals surface area contributed by atoms with Crippen LogP contribution in [0.2, 0.25) is 10.2 Å². The maximum atomic E-state index is 5.95. The third-order valence-electron chi connectivity index (χ3n) is 3.66. The van der Waals surface area contributed by atoms with Gasteiger partial charge in [-0.2, -0.15) is 0 Å². The van der Waals surface area contributed by atoms with Crippen molar-refractivity contribution in [2.75, 3.05) is 0 Å². The minimum atomic E-state index is 0.152. The van der Waals surface area contributed by atoms with Crippen LogP contribution in [0.4, 0.5) is 0 Å². The Hall–Kier alpha value is -0.800. The Morgan fingerprint density at radius 2 is 1.94 bits per heavy atom. The van der Waals surface area contributed by atoms with Gasteiger partial charge in [0, 0.05) is 5.41 Å². The highest BCUT2D eigenvalue weighted by Crippen LogP contribution is 2.39. The topological polar surface area (TPSA) is 41.6 Å². The summed E-state index contributed by atoms with van der Waals surface area (Å²) < 4.78 is 0. The van der Waals surface area contributed by atoms with E-state index in [1.54, 1.807) is 6.07 Å². The molecule has 90 valence electrons. The number of aromatic nitrogens is 3. The molecule has 1 N–H and O–H groups in total. The summed E-state index contributed by atoms with van der Waals surface area (Å²) >= 11 is 11.8. The molecule has 1 aliphatic rings. The molecule has 0 aliphatic heterocycles. The lowest BCUT2D eigenvalue weighted by molar-refractivity contribution is 0.464. The number of halogens is 2. The van der Waals surface area contributed by atoms with E-state index in [0.717, 1.165) is 11.3 Å². The molecule has 0 amide bonds. The fourth-order valence-electron chi connectivity index (χ4n) is 2.57. The predicted molar refractivity (Wildman–Crippen MR) is 69.7 cm³/mol. The number of imidazole rings is 1. The second-order valence-electron chi connectivity index (χ2n) is 4.99. The second kappa shape index (κ2) is 3.85. The number of hydrogen-bond acceptors (Lipinski definition) is 2. The van der Waals surface area contributed by atoms with E-state index in [1.807, 2.05) is 0 Å². The zero-order valence-corrected chi connectivity index (χ0v) is 11.1. The predicted octanol–water partition coefficient (Wildman–Crippen LogP) is 4.10. The van der Waals surface area contributed by atoms with E-state index in [9.17, 15) is 0 Å². The molecule has 5 heteroatoms. The first-order chi connectivity index (χ1) is 8.08. The van der Waals surface area contributed by atoms with Gasteiger partial charge >= 0.3 is 0 Å². The summed E-state index contributed by atoms with van der Waals surface area (Å²) in [4.78, 5) is 12.1. The fourth-order valence-corrected chi connectivity index (χ4v) is 2.86. The smallest absolute Gasteiger partial charge is 0.179 e. The monoisotopic (exact) mass is 269 g/mol. The minimum Gasteiger partial charge on any atom is -0.340 e. The van der Waals surface area contributed by atoms with E-state index in [0.29, 0.717) is 15.8 Å². The lowest BCUT2D eigenvalue weighted by atomic mass is 9.88. The Labute approximate surface area is 110 Å². The van der Waals surface area contributed by atoms with Gasteiger partial charge in [0.2, 0.25) is 0 Å². The van der Waals surface area contributed by atoms with E-state index < -0.39 is 0 Å². The van der Waals surface area contributed by atoms with Crippen LogP contribution in [0.1, 0.15) is 38.4 Å². The van der Waals surface area contributed by atoms with Crippen molar-refractivity contribution in [3.63, 3.8) is 0 Å². The van der Waals surface area contributed by atoms with Crippen LogP contribution in [0.3, 0.4) is 0 Å². The Bertz CT molecular complexity index is 531. The first-order valence-electron chi connectivity index (χ1n) is 5.81. The molecule has 0 aromatic carbocycles. The van der Waals surface area contributed by atoms with Crippen molar-refractivity contribution in [1.29, 1.82) is 0 Å². The standard InChI is InChI=1S/C12H13Cl2N3/c1-12(4-2-3-5-12)11-15-8-6-7(13)9(14)16-10(8)17-11/h6H,2-5H2,1H3,(H,15,16,17). The van der Waals surface area contributed by atoms with Gasteiger partial charge in [0.15, 0.2) is 5.65 Å². The summed E-state index contributed by atoms with van der Waals surface area (Å²) in [5, 5.41) is 0.778. The number of nitrogens with one attached hydrogen (secondary N) is 1. The first kappa shape index (κ1) is 11.3. The number of rotatable bonds is 1. The van der Waals surface area contributed by atoms with Crippen LogP contribution >= 0.6 is 23.2 Å². The first-order valence-corrected chi connectivity index (χ1v) is 6.56. The van der Waals surface area contributed by atoms with E-state index >= 15 is 0 Å². The van der Waals surface area contributed by atoms with Crippen molar-refractivity contribution in [3.05, 3.63) is 22.1 Å². The zero-order chi connectivity index (χ0) is 12.0. The highest BCUT2D eigenvalue weighted by atomic mass is 35.5. The van der Waals surface area contributed by atoms with Crippen LogP contribution in [0.15, 0.2) is 6.07 Å². The van der Waals surface area contributed by atoms with Crippen molar-refractivity contribution in [2.24, 2.45) is 0 Å². The van der Waals surface area contributed by atoms with Gasteiger partial charge in [0.1, 0.15) is 11.0 Å². The van der Waals surface area contributed by atoms with E-state index in [2.05, 4.69) is 21.9 Å². The van der Waals surface area contributed by atoms with Crippen LogP contribution in [0.25, 0.3) is 11.2 Å². The minimum absolute atomic E-state index is 0.152. The van der Waals surface area contributed by atoms with Crippen LogP contribution in [-0.2, 0) is 5.41 Å². The third-order valence-corrected chi connectivity index (χ3v) is 4.34. The molecule has 0 unspecified atom stereocenters. The lowest BCUT2D eigenvalue weighted by Crippen LogP contribution is -2.18. The summed E-state index contributed by atoms with van der Waals surface area (Å²) in [5.74, 6) is 1.01. The summed E-state index contributed by atoms with van der Waals surface area (Å²) in [5.41, 5.74) is 1.67. The maximum Gasteiger partial charge on any atom is 0.179 e. The molecule has 1 fully saturated rings. The normalized spacial score (nSPS) is 19.0. The van der Waals surface area contributed by atoms with Gasteiger partial charge in [-0.1, -0.05) is 43.0 Å². The van der Waals surface area contributed by atoms with Gasteiger partial charge in [-0.05, 0) is 18.9 Å². The Morgan fingerprint density at radius 1 is 1.24 bits per heavy atom. The van der Waals surface area contributed by atoms with Crippen LogP contribution < -0.4 is 0 Å². The number of H-pyrrole nitrogens is 1. The molecule has 0 atom stereocenters. The summed E-state index contributed by atoms with van der Waals surface area (Å²) in [7, 11) is 0. The Balaban J connectivity index is 2.13. The van der Waals surface area contributed by atoms with E-state index in [-0.39, 0.29) is 5.41 Å². The van der Waals surface area contributed by atoms with E-state index in [1.165, 1.54) is 25.7 Å². The molecule has 0 saturated heterocycles. The van der Waals surface area contributed by atoms with Gasteiger partial charge in [-0.15, -0.1) is 0 Å². The van der Waals surface area contributed by atoms with Gasteiger partial charge in [0.25, 0.3) is 0 Å².